The average Bonchev–Trinajstić information content (AvgIpc) is 2.58. The Morgan fingerprint density at radius 1 is 0.917 bits per heavy atom. The first-order valence-electron chi connectivity index (χ1n) is 7.75. The van der Waals surface area contributed by atoms with E-state index in [1.165, 1.54) is 7.11 Å². The van der Waals surface area contributed by atoms with Gasteiger partial charge in [0, 0.05) is 27.7 Å². The predicted molar refractivity (Wildman–Crippen MR) is 89.4 cm³/mol. The molecule has 0 saturated carbocycles. The fourth-order valence-corrected chi connectivity index (χ4v) is 3.06. The van der Waals surface area contributed by atoms with Gasteiger partial charge >= 0.3 is 5.97 Å². The molecule has 1 aliphatic carbocycles. The molecule has 122 valence electrons. The number of hydrogen-bond acceptors (Lipinski definition) is 4. The van der Waals surface area contributed by atoms with Crippen LogP contribution in [0.1, 0.15) is 57.7 Å². The smallest absolute Gasteiger partial charge is 0.306 e. The van der Waals surface area contributed by atoms with Gasteiger partial charge < -0.3 is 4.74 Å². The molecule has 0 aliphatic heterocycles. The third-order valence-electron chi connectivity index (χ3n) is 4.52. The predicted octanol–water partition coefficient (Wildman–Crippen LogP) is 3.30. The molecule has 24 heavy (non-hydrogen) atoms. The normalized spacial score (nSPS) is 13.3. The SMILES string of the molecule is COC(=O)CC(C)(C)c1ccc2c(c1)C(=O)c1ccccc1C2=O. The Kier molecular flexibility index (Phi) is 3.84. The van der Waals surface area contributed by atoms with Gasteiger partial charge in [0.15, 0.2) is 11.6 Å². The Hall–Kier alpha value is -2.75. The molecule has 0 heterocycles. The monoisotopic (exact) mass is 322 g/mol. The number of ether oxygens (including phenoxy) is 1. The lowest BCUT2D eigenvalue weighted by Gasteiger charge is -2.26. The Labute approximate surface area is 140 Å². The van der Waals surface area contributed by atoms with Gasteiger partial charge in [-0.15, -0.1) is 0 Å². The van der Waals surface area contributed by atoms with Gasteiger partial charge in [-0.3, -0.25) is 14.4 Å². The van der Waals surface area contributed by atoms with Crippen molar-refractivity contribution in [1.82, 2.24) is 0 Å². The molecule has 0 atom stereocenters. The quantitative estimate of drug-likeness (QED) is 0.694. The highest BCUT2D eigenvalue weighted by atomic mass is 16.5. The van der Waals surface area contributed by atoms with E-state index in [0.29, 0.717) is 22.3 Å². The highest BCUT2D eigenvalue weighted by Gasteiger charge is 2.32. The number of ketones is 2. The van der Waals surface area contributed by atoms with E-state index < -0.39 is 5.41 Å². The van der Waals surface area contributed by atoms with Crippen molar-refractivity contribution in [2.75, 3.05) is 7.11 Å². The highest BCUT2D eigenvalue weighted by Crippen LogP contribution is 2.33. The topological polar surface area (TPSA) is 60.4 Å². The average molecular weight is 322 g/mol. The number of fused-ring (bicyclic) bond motifs is 2. The Bertz CT molecular complexity index is 862. The molecule has 3 rings (SSSR count). The van der Waals surface area contributed by atoms with Crippen molar-refractivity contribution in [2.45, 2.75) is 25.7 Å². The Balaban J connectivity index is 2.07. The first kappa shape index (κ1) is 16.1. The number of methoxy groups -OCH3 is 1. The third kappa shape index (κ3) is 2.54. The van der Waals surface area contributed by atoms with Crippen molar-refractivity contribution >= 4 is 17.5 Å². The van der Waals surface area contributed by atoms with E-state index >= 15 is 0 Å². The van der Waals surface area contributed by atoms with Crippen molar-refractivity contribution in [1.29, 1.82) is 0 Å². The number of esters is 1. The lowest BCUT2D eigenvalue weighted by molar-refractivity contribution is -0.141. The summed E-state index contributed by atoms with van der Waals surface area (Å²) in [5.41, 5.74) is 2.01. The standard InChI is InChI=1S/C20H18O4/c1-20(2,11-17(21)24-3)12-8-9-15-16(10-12)19(23)14-7-5-4-6-13(14)18(15)22/h4-10H,11H2,1-3H3. The minimum absolute atomic E-state index is 0.141. The van der Waals surface area contributed by atoms with E-state index in [0.717, 1.165) is 5.56 Å². The molecule has 2 aromatic carbocycles. The molecule has 0 amide bonds. The van der Waals surface area contributed by atoms with Crippen LogP contribution in [0.4, 0.5) is 0 Å². The molecule has 0 saturated heterocycles. The van der Waals surface area contributed by atoms with Gasteiger partial charge in [-0.1, -0.05) is 44.2 Å². The molecule has 0 radical (unpaired) electrons. The van der Waals surface area contributed by atoms with Crippen LogP contribution in [0.3, 0.4) is 0 Å². The van der Waals surface area contributed by atoms with E-state index in [2.05, 4.69) is 0 Å². The maximum atomic E-state index is 12.8. The lowest BCUT2D eigenvalue weighted by Crippen LogP contribution is -2.25. The molecule has 0 N–H and O–H groups in total. The third-order valence-corrected chi connectivity index (χ3v) is 4.52. The fourth-order valence-electron chi connectivity index (χ4n) is 3.06. The van der Waals surface area contributed by atoms with Crippen LogP contribution in [0.2, 0.25) is 0 Å². The summed E-state index contributed by atoms with van der Waals surface area (Å²) in [5, 5.41) is 0. The van der Waals surface area contributed by atoms with Crippen LogP contribution in [-0.4, -0.2) is 24.6 Å². The highest BCUT2D eigenvalue weighted by molar-refractivity contribution is 6.28. The molecule has 0 fully saturated rings. The van der Waals surface area contributed by atoms with Crippen LogP contribution in [0, 0.1) is 0 Å². The van der Waals surface area contributed by atoms with Crippen molar-refractivity contribution in [3.63, 3.8) is 0 Å². The van der Waals surface area contributed by atoms with Gasteiger partial charge in [-0.2, -0.15) is 0 Å². The number of hydrogen-bond donors (Lipinski definition) is 0. The second-order valence-corrected chi connectivity index (χ2v) is 6.60. The summed E-state index contributed by atoms with van der Waals surface area (Å²) in [4.78, 5) is 37.0. The van der Waals surface area contributed by atoms with Crippen molar-refractivity contribution in [2.24, 2.45) is 0 Å². The molecule has 4 nitrogen and oxygen atoms in total. The van der Waals surface area contributed by atoms with Crippen LogP contribution in [0.25, 0.3) is 0 Å². The fraction of sp³-hybridized carbons (Fsp3) is 0.250. The molecule has 0 bridgehead atoms. The van der Waals surface area contributed by atoms with Crippen LogP contribution >= 0.6 is 0 Å². The molecule has 4 heteroatoms. The zero-order valence-corrected chi connectivity index (χ0v) is 13.9. The second-order valence-electron chi connectivity index (χ2n) is 6.60. The zero-order chi connectivity index (χ0) is 17.5. The van der Waals surface area contributed by atoms with Crippen molar-refractivity contribution in [3.05, 3.63) is 70.3 Å². The number of carbonyl (C=O) groups is 3. The number of benzene rings is 2. The van der Waals surface area contributed by atoms with Crippen LogP contribution in [0.5, 0.6) is 0 Å². The molecular weight excluding hydrogens is 304 g/mol. The zero-order valence-electron chi connectivity index (χ0n) is 13.9. The van der Waals surface area contributed by atoms with E-state index in [9.17, 15) is 14.4 Å². The maximum Gasteiger partial charge on any atom is 0.306 e. The first-order chi connectivity index (χ1) is 11.3. The van der Waals surface area contributed by atoms with Gasteiger partial charge in [-0.05, 0) is 17.7 Å². The van der Waals surface area contributed by atoms with Crippen molar-refractivity contribution in [3.8, 4) is 0 Å². The molecule has 0 spiro atoms. The summed E-state index contributed by atoms with van der Waals surface area (Å²) in [6.45, 7) is 3.82. The summed E-state index contributed by atoms with van der Waals surface area (Å²) in [5.74, 6) is -0.612. The lowest BCUT2D eigenvalue weighted by atomic mass is 9.77. The number of rotatable bonds is 3. The van der Waals surface area contributed by atoms with E-state index in [1.807, 2.05) is 13.8 Å². The molecule has 0 aromatic heterocycles. The Morgan fingerprint density at radius 3 is 2.04 bits per heavy atom. The van der Waals surface area contributed by atoms with Gasteiger partial charge in [0.25, 0.3) is 0 Å². The van der Waals surface area contributed by atoms with Gasteiger partial charge in [0.1, 0.15) is 0 Å². The molecular formula is C20H18O4. The van der Waals surface area contributed by atoms with Gasteiger partial charge in [0.05, 0.1) is 13.5 Å². The number of carbonyl (C=O) groups excluding carboxylic acids is 3. The minimum atomic E-state index is -0.498. The van der Waals surface area contributed by atoms with Crippen molar-refractivity contribution < 1.29 is 19.1 Å². The minimum Gasteiger partial charge on any atom is -0.469 e. The van der Waals surface area contributed by atoms with E-state index in [4.69, 9.17) is 4.74 Å². The summed E-state index contributed by atoms with van der Waals surface area (Å²) in [6.07, 6.45) is 0.195. The summed E-state index contributed by atoms with van der Waals surface area (Å²) in [6, 6.07) is 12.1. The second kappa shape index (κ2) is 5.71. The van der Waals surface area contributed by atoms with Crippen LogP contribution in [-0.2, 0) is 14.9 Å². The Morgan fingerprint density at radius 2 is 1.46 bits per heavy atom. The van der Waals surface area contributed by atoms with Crippen LogP contribution in [0.15, 0.2) is 42.5 Å². The van der Waals surface area contributed by atoms with E-state index in [1.54, 1.807) is 42.5 Å². The molecule has 1 aliphatic rings. The van der Waals surface area contributed by atoms with E-state index in [-0.39, 0.29) is 24.0 Å². The van der Waals surface area contributed by atoms with Crippen LogP contribution < -0.4 is 0 Å². The van der Waals surface area contributed by atoms with Gasteiger partial charge in [-0.25, -0.2) is 0 Å². The maximum absolute atomic E-state index is 12.8. The molecule has 2 aromatic rings. The summed E-state index contributed by atoms with van der Waals surface area (Å²) < 4.78 is 4.74. The largest absolute Gasteiger partial charge is 0.469 e. The summed E-state index contributed by atoms with van der Waals surface area (Å²) >= 11 is 0. The first-order valence-corrected chi connectivity index (χ1v) is 7.75. The summed E-state index contributed by atoms with van der Waals surface area (Å²) in [7, 11) is 1.35. The van der Waals surface area contributed by atoms with Gasteiger partial charge in [0.2, 0.25) is 0 Å². The molecule has 0 unspecified atom stereocenters.